The van der Waals surface area contributed by atoms with Crippen molar-refractivity contribution in [1.29, 1.82) is 0 Å². The zero-order valence-corrected chi connectivity index (χ0v) is 11.5. The number of nitrogens with zero attached hydrogens (tertiary/aromatic N) is 2. The number of rotatable bonds is 3. The van der Waals surface area contributed by atoms with Crippen molar-refractivity contribution < 1.29 is 5.21 Å². The Morgan fingerprint density at radius 3 is 1.90 bits per heavy atom. The third-order valence-electron chi connectivity index (χ3n) is 4.01. The lowest BCUT2D eigenvalue weighted by Gasteiger charge is -2.45. The zero-order chi connectivity index (χ0) is 13.9. The molecule has 20 heavy (non-hydrogen) atoms. The molecule has 1 heterocycles. The van der Waals surface area contributed by atoms with E-state index in [4.69, 9.17) is 5.21 Å². The molecule has 102 valence electrons. The SMILES string of the molecule is CC1/C(=N\O)CN1C(c1ccccc1)c1ccccc1. The van der Waals surface area contributed by atoms with E-state index in [2.05, 4.69) is 65.5 Å². The first-order chi connectivity index (χ1) is 9.81. The summed E-state index contributed by atoms with van der Waals surface area (Å²) in [6.45, 7) is 2.80. The molecule has 1 aliphatic heterocycles. The first-order valence-corrected chi connectivity index (χ1v) is 6.87. The molecule has 1 aliphatic rings. The van der Waals surface area contributed by atoms with Crippen LogP contribution in [-0.2, 0) is 0 Å². The highest BCUT2D eigenvalue weighted by Gasteiger charge is 2.38. The second-order valence-electron chi connectivity index (χ2n) is 5.16. The monoisotopic (exact) mass is 266 g/mol. The minimum absolute atomic E-state index is 0.172. The summed E-state index contributed by atoms with van der Waals surface area (Å²) in [5.41, 5.74) is 3.38. The van der Waals surface area contributed by atoms with Gasteiger partial charge in [0.05, 0.1) is 17.8 Å². The smallest absolute Gasteiger partial charge is 0.0879 e. The molecule has 1 atom stereocenters. The normalized spacial score (nSPS) is 21.1. The molecule has 1 saturated heterocycles. The molecule has 0 radical (unpaired) electrons. The van der Waals surface area contributed by atoms with Crippen LogP contribution in [0.25, 0.3) is 0 Å². The van der Waals surface area contributed by atoms with Gasteiger partial charge in [-0.2, -0.15) is 0 Å². The molecule has 0 amide bonds. The maximum atomic E-state index is 8.96. The van der Waals surface area contributed by atoms with E-state index >= 15 is 0 Å². The van der Waals surface area contributed by atoms with E-state index in [0.29, 0.717) is 6.54 Å². The van der Waals surface area contributed by atoms with Gasteiger partial charge in [-0.05, 0) is 18.1 Å². The summed E-state index contributed by atoms with van der Waals surface area (Å²) >= 11 is 0. The lowest BCUT2D eigenvalue weighted by Crippen LogP contribution is -2.56. The Kier molecular flexibility index (Phi) is 3.52. The lowest BCUT2D eigenvalue weighted by atomic mass is 9.90. The first-order valence-electron chi connectivity index (χ1n) is 6.87. The third-order valence-corrected chi connectivity index (χ3v) is 4.01. The zero-order valence-electron chi connectivity index (χ0n) is 11.5. The Hall–Kier alpha value is -2.13. The molecule has 0 aliphatic carbocycles. The summed E-state index contributed by atoms with van der Waals surface area (Å²) < 4.78 is 0. The van der Waals surface area contributed by atoms with E-state index < -0.39 is 0 Å². The molecule has 2 aromatic rings. The number of benzene rings is 2. The minimum Gasteiger partial charge on any atom is -0.411 e. The predicted molar refractivity (Wildman–Crippen MR) is 80.1 cm³/mol. The molecule has 3 nitrogen and oxygen atoms in total. The van der Waals surface area contributed by atoms with E-state index in [9.17, 15) is 0 Å². The summed E-state index contributed by atoms with van der Waals surface area (Å²) in [5.74, 6) is 0. The van der Waals surface area contributed by atoms with Crippen LogP contribution < -0.4 is 0 Å². The van der Waals surface area contributed by atoms with Gasteiger partial charge in [-0.3, -0.25) is 4.90 Å². The van der Waals surface area contributed by atoms with Gasteiger partial charge in [0.1, 0.15) is 0 Å². The van der Waals surface area contributed by atoms with Crippen molar-refractivity contribution in [3.8, 4) is 0 Å². The van der Waals surface area contributed by atoms with Crippen molar-refractivity contribution in [3.63, 3.8) is 0 Å². The summed E-state index contributed by atoms with van der Waals surface area (Å²) in [7, 11) is 0. The van der Waals surface area contributed by atoms with Gasteiger partial charge >= 0.3 is 0 Å². The van der Waals surface area contributed by atoms with Crippen LogP contribution in [0.1, 0.15) is 24.1 Å². The van der Waals surface area contributed by atoms with Crippen molar-refractivity contribution >= 4 is 5.71 Å². The average molecular weight is 266 g/mol. The summed E-state index contributed by atoms with van der Waals surface area (Å²) in [6.07, 6.45) is 0. The highest BCUT2D eigenvalue weighted by molar-refractivity contribution is 5.95. The predicted octanol–water partition coefficient (Wildman–Crippen LogP) is 3.31. The van der Waals surface area contributed by atoms with Gasteiger partial charge in [0.15, 0.2) is 0 Å². The maximum absolute atomic E-state index is 8.96. The Morgan fingerprint density at radius 1 is 1.00 bits per heavy atom. The molecule has 1 fully saturated rings. The summed E-state index contributed by atoms with van der Waals surface area (Å²) in [6, 6.07) is 21.3. The van der Waals surface area contributed by atoms with Gasteiger partial charge < -0.3 is 5.21 Å². The van der Waals surface area contributed by atoms with Gasteiger partial charge in [0.25, 0.3) is 0 Å². The first kappa shape index (κ1) is 12.9. The Labute approximate surface area is 119 Å². The number of likely N-dealkylation sites (tertiary alicyclic amines) is 1. The van der Waals surface area contributed by atoms with Crippen LogP contribution in [0, 0.1) is 0 Å². The molecule has 0 aromatic heterocycles. The Morgan fingerprint density at radius 2 is 1.50 bits per heavy atom. The van der Waals surface area contributed by atoms with E-state index in [-0.39, 0.29) is 12.1 Å². The van der Waals surface area contributed by atoms with Crippen molar-refractivity contribution in [2.45, 2.75) is 19.0 Å². The molecule has 1 unspecified atom stereocenters. The minimum atomic E-state index is 0.172. The molecule has 2 aromatic carbocycles. The van der Waals surface area contributed by atoms with E-state index in [1.807, 2.05) is 12.1 Å². The van der Waals surface area contributed by atoms with Crippen LogP contribution in [0.5, 0.6) is 0 Å². The summed E-state index contributed by atoms with van der Waals surface area (Å²) in [5, 5.41) is 12.3. The molecular formula is C17H18N2O. The van der Waals surface area contributed by atoms with Crippen LogP contribution in [0.2, 0.25) is 0 Å². The molecule has 3 heteroatoms. The highest BCUT2D eigenvalue weighted by atomic mass is 16.4. The molecular weight excluding hydrogens is 248 g/mol. The molecule has 0 saturated carbocycles. The molecule has 0 spiro atoms. The molecule has 1 N–H and O–H groups in total. The fourth-order valence-corrected chi connectivity index (χ4v) is 2.81. The van der Waals surface area contributed by atoms with Gasteiger partial charge in [0.2, 0.25) is 0 Å². The van der Waals surface area contributed by atoms with Crippen molar-refractivity contribution in [2.75, 3.05) is 6.54 Å². The van der Waals surface area contributed by atoms with Crippen LogP contribution in [-0.4, -0.2) is 28.4 Å². The second kappa shape index (κ2) is 5.47. The van der Waals surface area contributed by atoms with Gasteiger partial charge in [-0.25, -0.2) is 0 Å². The highest BCUT2D eigenvalue weighted by Crippen LogP contribution is 2.34. The molecule has 0 bridgehead atoms. The largest absolute Gasteiger partial charge is 0.411 e. The Balaban J connectivity index is 1.98. The topological polar surface area (TPSA) is 35.8 Å². The standard InChI is InChI=1S/C17H18N2O/c1-13-16(18-20)12-19(13)17(14-8-4-2-5-9-14)15-10-6-3-7-11-15/h2-11,13,17,20H,12H2,1H3/b18-16-. The second-order valence-corrected chi connectivity index (χ2v) is 5.16. The van der Waals surface area contributed by atoms with E-state index in [1.54, 1.807) is 0 Å². The fraction of sp³-hybridized carbons (Fsp3) is 0.235. The number of oxime groups is 1. The lowest BCUT2D eigenvalue weighted by molar-refractivity contribution is 0.175. The van der Waals surface area contributed by atoms with Crippen molar-refractivity contribution in [1.82, 2.24) is 4.90 Å². The Bertz CT molecular complexity index is 555. The number of hydrogen-bond donors (Lipinski definition) is 1. The van der Waals surface area contributed by atoms with E-state index in [0.717, 1.165) is 5.71 Å². The van der Waals surface area contributed by atoms with Crippen LogP contribution in [0.4, 0.5) is 0 Å². The van der Waals surface area contributed by atoms with Crippen molar-refractivity contribution in [3.05, 3.63) is 71.8 Å². The van der Waals surface area contributed by atoms with Gasteiger partial charge in [-0.1, -0.05) is 65.8 Å². The van der Waals surface area contributed by atoms with Crippen LogP contribution in [0.3, 0.4) is 0 Å². The van der Waals surface area contributed by atoms with Crippen molar-refractivity contribution in [2.24, 2.45) is 5.16 Å². The van der Waals surface area contributed by atoms with Crippen LogP contribution in [0.15, 0.2) is 65.8 Å². The molecule has 3 rings (SSSR count). The number of hydrogen-bond acceptors (Lipinski definition) is 3. The average Bonchev–Trinajstić information content (AvgIpc) is 2.52. The van der Waals surface area contributed by atoms with Gasteiger partial charge in [0, 0.05) is 6.54 Å². The maximum Gasteiger partial charge on any atom is 0.0879 e. The fourth-order valence-electron chi connectivity index (χ4n) is 2.81. The van der Waals surface area contributed by atoms with E-state index in [1.165, 1.54) is 11.1 Å². The summed E-state index contributed by atoms with van der Waals surface area (Å²) in [4.78, 5) is 2.35. The quantitative estimate of drug-likeness (QED) is 0.683. The van der Waals surface area contributed by atoms with Crippen LogP contribution >= 0.6 is 0 Å². The van der Waals surface area contributed by atoms with Gasteiger partial charge in [-0.15, -0.1) is 0 Å². The third kappa shape index (κ3) is 2.21.